The average molecular weight is 368 g/mol. The molecule has 3 aromatic rings. The van der Waals surface area contributed by atoms with Crippen molar-refractivity contribution in [1.29, 1.82) is 0 Å². The van der Waals surface area contributed by atoms with Gasteiger partial charge >= 0.3 is 0 Å². The van der Waals surface area contributed by atoms with Crippen molar-refractivity contribution in [2.75, 3.05) is 0 Å². The molecule has 1 aliphatic rings. The third-order valence-corrected chi connectivity index (χ3v) is 5.44. The summed E-state index contributed by atoms with van der Waals surface area (Å²) in [6.45, 7) is 3.82. The lowest BCUT2D eigenvalue weighted by Crippen LogP contribution is -2.08. The molecule has 0 bridgehead atoms. The zero-order valence-electron chi connectivity index (χ0n) is 14.7. The number of hydrogen-bond acceptors (Lipinski definition) is 5. The summed E-state index contributed by atoms with van der Waals surface area (Å²) in [5, 5.41) is 4.43. The van der Waals surface area contributed by atoms with E-state index in [9.17, 15) is 4.21 Å². The largest absolute Gasteiger partial charge is 0.473 e. The maximum Gasteiger partial charge on any atom is 0.250 e. The van der Waals surface area contributed by atoms with Crippen LogP contribution in [0.5, 0.6) is 5.88 Å². The molecule has 2 aromatic heterocycles. The van der Waals surface area contributed by atoms with Crippen molar-refractivity contribution >= 4 is 10.8 Å². The van der Waals surface area contributed by atoms with Crippen LogP contribution in [0, 0.1) is 0 Å². The van der Waals surface area contributed by atoms with E-state index in [-0.39, 0.29) is 6.10 Å². The van der Waals surface area contributed by atoms with Gasteiger partial charge in [-0.1, -0.05) is 18.2 Å². The number of ether oxygens (including phenoxy) is 1. The predicted molar refractivity (Wildman–Crippen MR) is 98.0 cm³/mol. The standard InChI is InChI=1S/C19H20N4O2S/c1-13(2)25-18-17(26(24)16-6-4-3-5-7-16)12-23(22-18)19-20-10-15(11-21-19)14-8-9-14/h3-7,10-14H,8-9H2,1-2H3. The van der Waals surface area contributed by atoms with Gasteiger partial charge in [0.15, 0.2) is 0 Å². The molecule has 7 heteroatoms. The normalized spacial score (nSPS) is 15.2. The Kier molecular flexibility index (Phi) is 4.55. The lowest BCUT2D eigenvalue weighted by atomic mass is 10.2. The Morgan fingerprint density at radius 3 is 2.46 bits per heavy atom. The van der Waals surface area contributed by atoms with Crippen LogP contribution in [-0.4, -0.2) is 30.1 Å². The second-order valence-corrected chi connectivity index (χ2v) is 8.03. The van der Waals surface area contributed by atoms with Gasteiger partial charge in [-0.2, -0.15) is 0 Å². The van der Waals surface area contributed by atoms with E-state index < -0.39 is 10.8 Å². The minimum absolute atomic E-state index is 0.0805. The van der Waals surface area contributed by atoms with Crippen LogP contribution in [0.2, 0.25) is 0 Å². The van der Waals surface area contributed by atoms with Gasteiger partial charge in [0.1, 0.15) is 4.90 Å². The second kappa shape index (κ2) is 6.99. The zero-order valence-corrected chi connectivity index (χ0v) is 15.5. The summed E-state index contributed by atoms with van der Waals surface area (Å²) in [6.07, 6.45) is 7.71. The predicted octanol–water partition coefficient (Wildman–Crippen LogP) is 3.49. The Morgan fingerprint density at radius 1 is 1.15 bits per heavy atom. The molecule has 4 rings (SSSR count). The summed E-state index contributed by atoms with van der Waals surface area (Å²) in [6, 6.07) is 9.27. The van der Waals surface area contributed by atoms with E-state index >= 15 is 0 Å². The third-order valence-electron chi connectivity index (χ3n) is 4.07. The van der Waals surface area contributed by atoms with Crippen LogP contribution in [0.4, 0.5) is 0 Å². The van der Waals surface area contributed by atoms with Gasteiger partial charge in [-0.3, -0.25) is 0 Å². The summed E-state index contributed by atoms with van der Waals surface area (Å²) in [7, 11) is -1.39. The maximum absolute atomic E-state index is 13.0. The molecular weight excluding hydrogens is 348 g/mol. The van der Waals surface area contributed by atoms with Gasteiger partial charge in [0.05, 0.1) is 23.1 Å². The molecule has 1 atom stereocenters. The Bertz CT molecular complexity index is 918. The quantitative estimate of drug-likeness (QED) is 0.666. The van der Waals surface area contributed by atoms with Crippen molar-refractivity contribution < 1.29 is 8.95 Å². The molecule has 0 aliphatic heterocycles. The number of rotatable bonds is 6. The molecule has 0 saturated heterocycles. The fourth-order valence-electron chi connectivity index (χ4n) is 2.62. The van der Waals surface area contributed by atoms with E-state index in [1.54, 1.807) is 6.20 Å². The van der Waals surface area contributed by atoms with E-state index in [4.69, 9.17) is 4.74 Å². The highest BCUT2D eigenvalue weighted by molar-refractivity contribution is 7.85. The van der Waals surface area contributed by atoms with Crippen LogP contribution < -0.4 is 4.74 Å². The first-order valence-corrected chi connectivity index (χ1v) is 9.82. The molecule has 6 nitrogen and oxygen atoms in total. The monoisotopic (exact) mass is 368 g/mol. The molecule has 1 fully saturated rings. The summed E-state index contributed by atoms with van der Waals surface area (Å²) in [5.74, 6) is 1.39. The lowest BCUT2D eigenvalue weighted by molar-refractivity contribution is 0.225. The number of aromatic nitrogens is 4. The van der Waals surface area contributed by atoms with Crippen LogP contribution in [0.1, 0.15) is 38.2 Å². The molecule has 0 N–H and O–H groups in total. The highest BCUT2D eigenvalue weighted by atomic mass is 32.2. The molecule has 1 aliphatic carbocycles. The summed E-state index contributed by atoms with van der Waals surface area (Å²) < 4.78 is 20.3. The van der Waals surface area contributed by atoms with Gasteiger partial charge in [0.25, 0.3) is 5.95 Å². The van der Waals surface area contributed by atoms with Crippen molar-refractivity contribution in [1.82, 2.24) is 19.7 Å². The SMILES string of the molecule is CC(C)Oc1nn(-c2ncc(C3CC3)cn2)cc1S(=O)c1ccccc1. The zero-order chi connectivity index (χ0) is 18.1. The van der Waals surface area contributed by atoms with Crippen LogP contribution >= 0.6 is 0 Å². The van der Waals surface area contributed by atoms with Crippen molar-refractivity contribution in [3.05, 3.63) is 54.5 Å². The van der Waals surface area contributed by atoms with Crippen molar-refractivity contribution in [2.45, 2.75) is 48.5 Å². The average Bonchev–Trinajstić information content (AvgIpc) is 3.43. The Labute approximate surface area is 154 Å². The minimum Gasteiger partial charge on any atom is -0.473 e. The molecular formula is C19H20N4O2S. The highest BCUT2D eigenvalue weighted by Gasteiger charge is 2.25. The van der Waals surface area contributed by atoms with Gasteiger partial charge in [-0.05, 0) is 50.3 Å². The number of nitrogens with zero attached hydrogens (tertiary/aromatic N) is 4. The van der Waals surface area contributed by atoms with Gasteiger partial charge in [-0.25, -0.2) is 18.9 Å². The second-order valence-electron chi connectivity index (χ2n) is 6.58. The summed E-state index contributed by atoms with van der Waals surface area (Å²) >= 11 is 0. The van der Waals surface area contributed by atoms with E-state index in [0.29, 0.717) is 27.5 Å². The van der Waals surface area contributed by atoms with E-state index in [2.05, 4.69) is 15.1 Å². The van der Waals surface area contributed by atoms with Crippen LogP contribution in [-0.2, 0) is 10.8 Å². The minimum atomic E-state index is -1.39. The number of benzene rings is 1. The van der Waals surface area contributed by atoms with Crippen LogP contribution in [0.15, 0.2) is 58.7 Å². The van der Waals surface area contributed by atoms with Gasteiger partial charge in [0.2, 0.25) is 5.88 Å². The summed E-state index contributed by atoms with van der Waals surface area (Å²) in [4.78, 5) is 10.0. The highest BCUT2D eigenvalue weighted by Crippen LogP contribution is 2.39. The number of hydrogen-bond donors (Lipinski definition) is 0. The smallest absolute Gasteiger partial charge is 0.250 e. The molecule has 0 spiro atoms. The summed E-state index contributed by atoms with van der Waals surface area (Å²) in [5.41, 5.74) is 1.16. The molecule has 134 valence electrons. The van der Waals surface area contributed by atoms with E-state index in [0.717, 1.165) is 5.56 Å². The Hall–Kier alpha value is -2.54. The first-order chi connectivity index (χ1) is 12.6. The third kappa shape index (κ3) is 3.53. The van der Waals surface area contributed by atoms with Crippen LogP contribution in [0.25, 0.3) is 5.95 Å². The molecule has 0 radical (unpaired) electrons. The molecule has 26 heavy (non-hydrogen) atoms. The van der Waals surface area contributed by atoms with Gasteiger partial charge in [-0.15, -0.1) is 5.10 Å². The lowest BCUT2D eigenvalue weighted by Gasteiger charge is -2.08. The maximum atomic E-state index is 13.0. The van der Waals surface area contributed by atoms with Gasteiger partial charge in [0, 0.05) is 17.3 Å². The van der Waals surface area contributed by atoms with Crippen molar-refractivity contribution in [2.24, 2.45) is 0 Å². The van der Waals surface area contributed by atoms with Gasteiger partial charge < -0.3 is 4.74 Å². The van der Waals surface area contributed by atoms with Crippen molar-refractivity contribution in [3.8, 4) is 11.8 Å². The fourth-order valence-corrected chi connectivity index (χ4v) is 3.73. The van der Waals surface area contributed by atoms with E-state index in [1.807, 2.05) is 56.6 Å². The topological polar surface area (TPSA) is 69.9 Å². The first kappa shape index (κ1) is 16.9. The van der Waals surface area contributed by atoms with Crippen LogP contribution in [0.3, 0.4) is 0 Å². The van der Waals surface area contributed by atoms with E-state index in [1.165, 1.54) is 17.5 Å². The molecule has 2 heterocycles. The van der Waals surface area contributed by atoms with Crippen molar-refractivity contribution in [3.63, 3.8) is 0 Å². The molecule has 0 amide bonds. The Balaban J connectivity index is 1.69. The fraction of sp³-hybridized carbons (Fsp3) is 0.316. The molecule has 1 unspecified atom stereocenters. The Morgan fingerprint density at radius 2 is 1.85 bits per heavy atom. The molecule has 1 aromatic carbocycles. The molecule has 1 saturated carbocycles. The first-order valence-electron chi connectivity index (χ1n) is 8.67.